The number of fused-ring (bicyclic) bond motifs is 2. The summed E-state index contributed by atoms with van der Waals surface area (Å²) < 4.78 is 0. The van der Waals surface area contributed by atoms with Gasteiger partial charge in [-0.3, -0.25) is 43.9 Å². The number of aliphatic hydroxyl groups excluding tert-OH is 1. The van der Waals surface area contributed by atoms with Crippen LogP contribution in [0.4, 0.5) is 11.5 Å². The highest BCUT2D eigenvalue weighted by Crippen LogP contribution is 2.30. The molecule has 0 aliphatic carbocycles. The summed E-state index contributed by atoms with van der Waals surface area (Å²) in [5, 5.41) is 19.9. The molecule has 4 aliphatic heterocycles. The lowest BCUT2D eigenvalue weighted by atomic mass is 9.99. The van der Waals surface area contributed by atoms with Gasteiger partial charge in [-0.2, -0.15) is 0 Å². The van der Waals surface area contributed by atoms with Crippen molar-refractivity contribution in [1.82, 2.24) is 30.0 Å². The van der Waals surface area contributed by atoms with Crippen LogP contribution in [0.1, 0.15) is 138 Å². The molecule has 63 heavy (non-hydrogen) atoms. The van der Waals surface area contributed by atoms with E-state index in [2.05, 4.69) is 49.0 Å². The number of unbranched alkanes of at least 4 members (excludes halogenated alkanes) is 8. The fourth-order valence-electron chi connectivity index (χ4n) is 9.16. The molecular weight excluding hydrogens is 803 g/mol. The van der Waals surface area contributed by atoms with Gasteiger partial charge >= 0.3 is 0 Å². The number of benzene rings is 2. The predicted octanol–water partition coefficient (Wildman–Crippen LogP) is 4.35. The van der Waals surface area contributed by atoms with E-state index in [4.69, 9.17) is 5.73 Å². The second kappa shape index (κ2) is 21.6. The number of hydrogen-bond donors (Lipinski definition) is 5. The summed E-state index contributed by atoms with van der Waals surface area (Å²) in [6.07, 6.45) is 12.4. The molecule has 16 nitrogen and oxygen atoms in total. The van der Waals surface area contributed by atoms with Gasteiger partial charge in [-0.1, -0.05) is 69.2 Å². The van der Waals surface area contributed by atoms with Gasteiger partial charge in [0.25, 0.3) is 17.7 Å². The van der Waals surface area contributed by atoms with Gasteiger partial charge in [-0.15, -0.1) is 0 Å². The third kappa shape index (κ3) is 12.0. The van der Waals surface area contributed by atoms with Crippen LogP contribution in [0.25, 0.3) is 0 Å². The van der Waals surface area contributed by atoms with Crippen molar-refractivity contribution in [3.05, 3.63) is 82.3 Å². The number of rotatable bonds is 21. The first-order valence-corrected chi connectivity index (χ1v) is 22.8. The van der Waals surface area contributed by atoms with Crippen LogP contribution in [0, 0.1) is 0 Å². The van der Waals surface area contributed by atoms with Crippen molar-refractivity contribution in [2.45, 2.75) is 127 Å². The Morgan fingerprint density at radius 3 is 2.24 bits per heavy atom. The summed E-state index contributed by atoms with van der Waals surface area (Å²) in [4.78, 5) is 89.1. The molecule has 2 fully saturated rings. The van der Waals surface area contributed by atoms with Gasteiger partial charge in [-0.05, 0) is 67.9 Å². The van der Waals surface area contributed by atoms with E-state index in [0.717, 1.165) is 107 Å². The highest BCUT2D eigenvalue weighted by molar-refractivity contribution is 6.23. The van der Waals surface area contributed by atoms with Crippen LogP contribution in [0.3, 0.4) is 0 Å². The SMILES string of the molecule is NC(=O)c1cc(NC2CCN(C(=O)CCCCCCCCCCCNc3ccc4c(c3)C(=O)N(C3CCC(=O)NC3=O)C4=O)CC2)nc(C[C@H](O)CN2CCc3ccccc3C2)n1. The van der Waals surface area contributed by atoms with Crippen LogP contribution in [-0.2, 0) is 33.8 Å². The van der Waals surface area contributed by atoms with Gasteiger partial charge in [0.2, 0.25) is 17.7 Å². The molecule has 16 heteroatoms. The zero-order valence-electron chi connectivity index (χ0n) is 36.1. The lowest BCUT2D eigenvalue weighted by molar-refractivity contribution is -0.136. The monoisotopic (exact) mass is 863 g/mol. The van der Waals surface area contributed by atoms with Gasteiger partial charge < -0.3 is 26.4 Å². The first kappa shape index (κ1) is 45.3. The van der Waals surface area contributed by atoms with E-state index in [1.165, 1.54) is 11.1 Å². The summed E-state index contributed by atoms with van der Waals surface area (Å²) in [5.41, 5.74) is 9.65. The number of carbonyl (C=O) groups is 6. The molecule has 0 spiro atoms. The summed E-state index contributed by atoms with van der Waals surface area (Å²) >= 11 is 0. The Labute approximate surface area is 368 Å². The van der Waals surface area contributed by atoms with Crippen molar-refractivity contribution in [1.29, 1.82) is 0 Å². The Morgan fingerprint density at radius 1 is 0.810 bits per heavy atom. The molecule has 4 aliphatic rings. The van der Waals surface area contributed by atoms with Crippen molar-refractivity contribution in [2.24, 2.45) is 5.73 Å². The first-order valence-electron chi connectivity index (χ1n) is 22.8. The first-order chi connectivity index (χ1) is 30.5. The van der Waals surface area contributed by atoms with Crippen LogP contribution in [0.2, 0.25) is 0 Å². The standard InChI is InChI=1S/C47H61N9O7/c48-44(60)38-28-41(52-40(51-38)27-35(57)30-54-23-19-31-12-9-10-13-32(31)29-54)50-33-20-24-55(25-21-33)43(59)14-8-6-4-2-1-3-5-7-11-22-49-34-15-16-36-37(26-34)47(63)56(46(36)62)39-17-18-42(58)53-45(39)61/h9-10,12-13,15-16,26,28,33,35,39,49,57H,1-8,11,14,17-25,27,29-30H2,(H2,48,60)(H,50,51,52)(H,53,58,61)/t35-,39?/m0/s1. The number of amides is 6. The summed E-state index contributed by atoms with van der Waals surface area (Å²) in [5.74, 6) is -1.60. The van der Waals surface area contributed by atoms with Crippen LogP contribution >= 0.6 is 0 Å². The summed E-state index contributed by atoms with van der Waals surface area (Å²) in [6.45, 7) is 4.18. The van der Waals surface area contributed by atoms with Gasteiger partial charge in [0.05, 0.1) is 17.2 Å². The second-order valence-corrected chi connectivity index (χ2v) is 17.4. The number of nitrogens with one attached hydrogen (secondary N) is 3. The molecule has 1 aromatic heterocycles. The number of β-amino-alcohol motifs (C(OH)–C–C–N with tert-alkyl or cyclic N) is 1. The average molecular weight is 864 g/mol. The van der Waals surface area contributed by atoms with Gasteiger partial charge in [0.1, 0.15) is 23.4 Å². The number of aliphatic hydroxyl groups is 1. The number of nitrogens with two attached hydrogens (primary N) is 1. The molecule has 5 heterocycles. The summed E-state index contributed by atoms with van der Waals surface area (Å²) in [6, 6.07) is 14.1. The largest absolute Gasteiger partial charge is 0.391 e. The van der Waals surface area contributed by atoms with Crippen molar-refractivity contribution in [3.8, 4) is 0 Å². The van der Waals surface area contributed by atoms with E-state index in [9.17, 15) is 33.9 Å². The minimum absolute atomic E-state index is 0.0819. The van der Waals surface area contributed by atoms with Gasteiger partial charge in [-0.25, -0.2) is 9.97 Å². The Morgan fingerprint density at radius 2 is 1.51 bits per heavy atom. The molecule has 2 saturated heterocycles. The van der Waals surface area contributed by atoms with E-state index in [-0.39, 0.29) is 48.0 Å². The minimum atomic E-state index is -0.973. The molecule has 336 valence electrons. The number of likely N-dealkylation sites (tertiary alicyclic amines) is 1. The number of hydrogen-bond acceptors (Lipinski definition) is 12. The smallest absolute Gasteiger partial charge is 0.267 e. The maximum absolute atomic E-state index is 13.1. The van der Waals surface area contributed by atoms with Crippen LogP contribution in [0.15, 0.2) is 48.5 Å². The van der Waals surface area contributed by atoms with E-state index in [1.54, 1.807) is 24.3 Å². The lowest BCUT2D eigenvalue weighted by Crippen LogP contribution is -2.54. The van der Waals surface area contributed by atoms with Crippen LogP contribution in [-0.4, -0.2) is 116 Å². The normalized spacial score (nSPS) is 18.5. The fourth-order valence-corrected chi connectivity index (χ4v) is 9.16. The van der Waals surface area contributed by atoms with Crippen molar-refractivity contribution < 1.29 is 33.9 Å². The Balaban J connectivity index is 0.719. The maximum Gasteiger partial charge on any atom is 0.267 e. The van der Waals surface area contributed by atoms with Gasteiger partial charge in [0, 0.05) is 76.3 Å². The molecule has 2 aromatic carbocycles. The molecule has 7 rings (SSSR count). The Hall–Kier alpha value is -5.74. The van der Waals surface area contributed by atoms with E-state index < -0.39 is 41.7 Å². The number of carbonyl (C=O) groups excluding carboxylic acids is 6. The maximum atomic E-state index is 13.1. The third-order valence-corrected chi connectivity index (χ3v) is 12.7. The minimum Gasteiger partial charge on any atom is -0.391 e. The average Bonchev–Trinajstić information content (AvgIpc) is 3.51. The molecular formula is C47H61N9O7. The fraction of sp³-hybridized carbons (Fsp3) is 0.532. The van der Waals surface area contributed by atoms with Gasteiger partial charge in [0.15, 0.2) is 0 Å². The zero-order chi connectivity index (χ0) is 44.3. The Kier molecular flexibility index (Phi) is 15.5. The lowest BCUT2D eigenvalue weighted by Gasteiger charge is -2.33. The highest BCUT2D eigenvalue weighted by Gasteiger charge is 2.44. The molecule has 2 atom stereocenters. The van der Waals surface area contributed by atoms with E-state index in [0.29, 0.717) is 37.7 Å². The van der Waals surface area contributed by atoms with E-state index in [1.807, 2.05) is 11.0 Å². The highest BCUT2D eigenvalue weighted by atomic mass is 16.3. The van der Waals surface area contributed by atoms with Crippen molar-refractivity contribution in [3.63, 3.8) is 0 Å². The molecule has 0 radical (unpaired) electrons. The number of primary amides is 1. The number of nitrogens with zero attached hydrogens (tertiary/aromatic N) is 5. The second-order valence-electron chi connectivity index (χ2n) is 17.4. The van der Waals surface area contributed by atoms with Crippen LogP contribution in [0.5, 0.6) is 0 Å². The Bertz CT molecular complexity index is 2160. The topological polar surface area (TPSA) is 220 Å². The molecule has 3 aromatic rings. The molecule has 1 unspecified atom stereocenters. The molecule has 6 N–H and O–H groups in total. The van der Waals surface area contributed by atoms with E-state index >= 15 is 0 Å². The molecule has 0 saturated carbocycles. The van der Waals surface area contributed by atoms with Crippen molar-refractivity contribution >= 4 is 46.9 Å². The predicted molar refractivity (Wildman–Crippen MR) is 237 cm³/mol. The number of anilines is 2. The van der Waals surface area contributed by atoms with Crippen molar-refractivity contribution in [2.75, 3.05) is 43.4 Å². The quantitative estimate of drug-likeness (QED) is 0.0746. The molecule has 0 bridgehead atoms. The zero-order valence-corrected chi connectivity index (χ0v) is 36.1. The summed E-state index contributed by atoms with van der Waals surface area (Å²) in [7, 11) is 0. The third-order valence-electron chi connectivity index (χ3n) is 12.7. The number of aromatic nitrogens is 2. The molecule has 6 amide bonds. The number of imide groups is 2. The number of piperidine rings is 2. The van der Waals surface area contributed by atoms with Crippen LogP contribution < -0.4 is 21.7 Å².